The van der Waals surface area contributed by atoms with Crippen LogP contribution in [0.15, 0.2) is 29.2 Å². The van der Waals surface area contributed by atoms with Gasteiger partial charge in [-0.25, -0.2) is 0 Å². The second-order valence-electron chi connectivity index (χ2n) is 6.72. The number of hydrogen-bond acceptors (Lipinski definition) is 4. The van der Waals surface area contributed by atoms with Crippen LogP contribution < -0.4 is 5.32 Å². The zero-order chi connectivity index (χ0) is 17.8. The number of nitrogens with zero attached hydrogens (tertiary/aromatic N) is 1. The third kappa shape index (κ3) is 4.66. The van der Waals surface area contributed by atoms with Crippen molar-refractivity contribution in [2.45, 2.75) is 50.6 Å². The summed E-state index contributed by atoms with van der Waals surface area (Å²) < 4.78 is 0. The summed E-state index contributed by atoms with van der Waals surface area (Å²) in [4.78, 5) is 16.7. The number of aryl methyl sites for hydroxylation is 1. The molecule has 1 aromatic carbocycles. The zero-order valence-corrected chi connectivity index (χ0v) is 16.9. The molecule has 0 saturated carbocycles. The molecule has 2 aromatic rings. The molecule has 0 bridgehead atoms. The van der Waals surface area contributed by atoms with Crippen molar-refractivity contribution in [2.24, 2.45) is 0 Å². The maximum absolute atomic E-state index is 11.6. The summed E-state index contributed by atoms with van der Waals surface area (Å²) in [5.41, 5.74) is 4.15. The molecule has 1 aromatic heterocycles. The number of rotatable bonds is 6. The van der Waals surface area contributed by atoms with Crippen LogP contribution in [-0.2, 0) is 30.7 Å². The Morgan fingerprint density at radius 1 is 1.20 bits per heavy atom. The van der Waals surface area contributed by atoms with Crippen LogP contribution in [0.1, 0.15) is 41.3 Å². The normalized spacial score (nSPS) is 13.8. The lowest BCUT2D eigenvalue weighted by molar-refractivity contribution is -0.114. The Kier molecular flexibility index (Phi) is 6.20. The Balaban J connectivity index is 1.75. The Labute approximate surface area is 158 Å². The lowest BCUT2D eigenvalue weighted by Gasteiger charge is -2.20. The van der Waals surface area contributed by atoms with Crippen LogP contribution in [0.2, 0.25) is 0 Å². The number of thioether (sulfide) groups is 1. The quantitative estimate of drug-likeness (QED) is 0.727. The van der Waals surface area contributed by atoms with Crippen LogP contribution in [0.4, 0.5) is 5.00 Å². The average molecular weight is 375 g/mol. The predicted molar refractivity (Wildman–Crippen MR) is 109 cm³/mol. The highest BCUT2D eigenvalue weighted by Crippen LogP contribution is 2.38. The first kappa shape index (κ1) is 18.5. The highest BCUT2D eigenvalue weighted by Gasteiger charge is 2.22. The van der Waals surface area contributed by atoms with Gasteiger partial charge < -0.3 is 5.32 Å². The van der Waals surface area contributed by atoms with Gasteiger partial charge in [0.25, 0.3) is 0 Å². The minimum atomic E-state index is 0.0233. The Bertz CT molecular complexity index is 737. The number of carbonyl (C=O) groups is 1. The van der Waals surface area contributed by atoms with E-state index in [2.05, 4.69) is 47.8 Å². The molecule has 1 heterocycles. The number of carbonyl (C=O) groups excluding carboxylic acids is 1. The second kappa shape index (κ2) is 8.39. The van der Waals surface area contributed by atoms with Crippen molar-refractivity contribution in [1.82, 2.24) is 4.90 Å². The van der Waals surface area contributed by atoms with Gasteiger partial charge in [-0.3, -0.25) is 9.69 Å². The number of thiophene rings is 1. The number of benzene rings is 1. The third-order valence-electron chi connectivity index (χ3n) is 4.61. The standard InChI is InChI=1S/C20H26N2OS2/c1-14(23)21-20-18(17-6-4-5-7-19(17)25-20)13-22(2)12-15-8-10-16(24-3)11-9-15/h8-11H,4-7,12-13H2,1-3H3,(H,21,23). The summed E-state index contributed by atoms with van der Waals surface area (Å²) in [6.07, 6.45) is 6.94. The Morgan fingerprint density at radius 2 is 1.92 bits per heavy atom. The molecule has 5 heteroatoms. The fourth-order valence-electron chi connectivity index (χ4n) is 3.43. The first-order chi connectivity index (χ1) is 12.1. The van der Waals surface area contributed by atoms with Gasteiger partial charge in [0.2, 0.25) is 5.91 Å². The van der Waals surface area contributed by atoms with Crippen LogP contribution in [0.25, 0.3) is 0 Å². The van der Waals surface area contributed by atoms with Gasteiger partial charge in [-0.1, -0.05) is 12.1 Å². The maximum atomic E-state index is 11.6. The third-order valence-corrected chi connectivity index (χ3v) is 6.60. The number of amides is 1. The minimum Gasteiger partial charge on any atom is -0.318 e. The van der Waals surface area contributed by atoms with E-state index in [1.807, 2.05) is 0 Å². The fraction of sp³-hybridized carbons (Fsp3) is 0.450. The van der Waals surface area contributed by atoms with Crippen molar-refractivity contribution >= 4 is 34.0 Å². The van der Waals surface area contributed by atoms with E-state index in [1.165, 1.54) is 39.3 Å². The molecule has 0 aliphatic heterocycles. The highest BCUT2D eigenvalue weighted by atomic mass is 32.2. The molecule has 0 radical (unpaired) electrons. The smallest absolute Gasteiger partial charge is 0.221 e. The molecular formula is C20H26N2OS2. The SMILES string of the molecule is CSc1ccc(CN(C)Cc2c(NC(C)=O)sc3c2CCCC3)cc1. The first-order valence-corrected chi connectivity index (χ1v) is 10.8. The summed E-state index contributed by atoms with van der Waals surface area (Å²) in [7, 11) is 2.16. The van der Waals surface area contributed by atoms with Crippen molar-refractivity contribution in [3.63, 3.8) is 0 Å². The van der Waals surface area contributed by atoms with E-state index in [4.69, 9.17) is 0 Å². The van der Waals surface area contributed by atoms with Crippen LogP contribution in [0.5, 0.6) is 0 Å². The van der Waals surface area contributed by atoms with E-state index in [-0.39, 0.29) is 5.91 Å². The largest absolute Gasteiger partial charge is 0.318 e. The van der Waals surface area contributed by atoms with E-state index in [1.54, 1.807) is 30.0 Å². The predicted octanol–water partition coefficient (Wildman–Crippen LogP) is 4.94. The van der Waals surface area contributed by atoms with E-state index in [0.29, 0.717) is 0 Å². The van der Waals surface area contributed by atoms with Crippen LogP contribution in [-0.4, -0.2) is 24.1 Å². The molecule has 1 N–H and O–H groups in total. The van der Waals surface area contributed by atoms with Crippen molar-refractivity contribution in [1.29, 1.82) is 0 Å². The van der Waals surface area contributed by atoms with Gasteiger partial charge in [0, 0.05) is 35.3 Å². The average Bonchev–Trinajstić information content (AvgIpc) is 2.92. The van der Waals surface area contributed by atoms with Crippen molar-refractivity contribution < 1.29 is 4.79 Å². The van der Waals surface area contributed by atoms with Gasteiger partial charge >= 0.3 is 0 Å². The summed E-state index contributed by atoms with van der Waals surface area (Å²) in [5.74, 6) is 0.0233. The highest BCUT2D eigenvalue weighted by molar-refractivity contribution is 7.98. The van der Waals surface area contributed by atoms with Crippen molar-refractivity contribution in [2.75, 3.05) is 18.6 Å². The molecule has 1 aliphatic rings. The second-order valence-corrected chi connectivity index (χ2v) is 8.70. The molecule has 134 valence electrons. The van der Waals surface area contributed by atoms with Gasteiger partial charge in [-0.05, 0) is 62.2 Å². The summed E-state index contributed by atoms with van der Waals surface area (Å²) in [6.45, 7) is 3.39. The number of fused-ring (bicyclic) bond motifs is 1. The van der Waals surface area contributed by atoms with E-state index in [0.717, 1.165) is 30.9 Å². The topological polar surface area (TPSA) is 32.3 Å². The molecular weight excluding hydrogens is 348 g/mol. The van der Waals surface area contributed by atoms with E-state index < -0.39 is 0 Å². The summed E-state index contributed by atoms with van der Waals surface area (Å²) in [5, 5.41) is 4.12. The Morgan fingerprint density at radius 3 is 2.60 bits per heavy atom. The van der Waals surface area contributed by atoms with Crippen LogP contribution in [0.3, 0.4) is 0 Å². The molecule has 0 fully saturated rings. The molecule has 0 saturated heterocycles. The minimum absolute atomic E-state index is 0.0233. The van der Waals surface area contributed by atoms with Gasteiger partial charge in [0.15, 0.2) is 0 Å². The molecule has 25 heavy (non-hydrogen) atoms. The van der Waals surface area contributed by atoms with Gasteiger partial charge in [0.1, 0.15) is 0 Å². The number of hydrogen-bond donors (Lipinski definition) is 1. The lowest BCUT2D eigenvalue weighted by Crippen LogP contribution is -2.19. The molecule has 1 aliphatic carbocycles. The molecule has 3 rings (SSSR count). The first-order valence-electron chi connectivity index (χ1n) is 8.79. The van der Waals surface area contributed by atoms with E-state index in [9.17, 15) is 4.79 Å². The van der Waals surface area contributed by atoms with Crippen molar-refractivity contribution in [3.05, 3.63) is 45.8 Å². The monoisotopic (exact) mass is 374 g/mol. The van der Waals surface area contributed by atoms with Gasteiger partial charge in [-0.15, -0.1) is 23.1 Å². The summed E-state index contributed by atoms with van der Waals surface area (Å²) >= 11 is 3.55. The van der Waals surface area contributed by atoms with Crippen molar-refractivity contribution in [3.8, 4) is 0 Å². The maximum Gasteiger partial charge on any atom is 0.221 e. The van der Waals surface area contributed by atoms with E-state index >= 15 is 0 Å². The molecule has 0 atom stereocenters. The molecule has 1 amide bonds. The molecule has 0 spiro atoms. The van der Waals surface area contributed by atoms with Crippen LogP contribution >= 0.6 is 23.1 Å². The molecule has 0 unspecified atom stereocenters. The van der Waals surface area contributed by atoms with Gasteiger partial charge in [-0.2, -0.15) is 0 Å². The molecule has 3 nitrogen and oxygen atoms in total. The van der Waals surface area contributed by atoms with Crippen LogP contribution in [0, 0.1) is 0 Å². The summed E-state index contributed by atoms with van der Waals surface area (Å²) in [6, 6.07) is 8.78. The zero-order valence-electron chi connectivity index (χ0n) is 15.2. The fourth-order valence-corrected chi connectivity index (χ4v) is 5.18. The lowest BCUT2D eigenvalue weighted by atomic mass is 9.95. The Hall–Kier alpha value is -1.30. The van der Waals surface area contributed by atoms with Gasteiger partial charge in [0.05, 0.1) is 5.00 Å². The number of nitrogens with one attached hydrogen (secondary N) is 1. The number of anilines is 1.